The molecule has 0 fully saturated rings. The summed E-state index contributed by atoms with van der Waals surface area (Å²) in [5, 5.41) is 10.3. The Bertz CT molecular complexity index is 1270. The summed E-state index contributed by atoms with van der Waals surface area (Å²) < 4.78 is 20.0. The van der Waals surface area contributed by atoms with E-state index < -0.39 is 17.7 Å². The van der Waals surface area contributed by atoms with Gasteiger partial charge in [-0.15, -0.1) is 0 Å². The van der Waals surface area contributed by atoms with E-state index in [1.807, 2.05) is 40.7 Å². The molecule has 1 unspecified atom stereocenters. The molecule has 1 N–H and O–H groups in total. The first-order valence-corrected chi connectivity index (χ1v) is 12.5. The lowest BCUT2D eigenvalue weighted by atomic mass is 9.80. The Hall–Kier alpha value is -3.02. The lowest BCUT2D eigenvalue weighted by molar-refractivity contribution is -0.160. The molecule has 3 aromatic carbocycles. The molecule has 1 aliphatic heterocycles. The largest absolute Gasteiger partial charge is 0.479 e. The Morgan fingerprint density at radius 1 is 1.06 bits per heavy atom. The number of carboxylic acids is 1. The van der Waals surface area contributed by atoms with Crippen molar-refractivity contribution < 1.29 is 19.0 Å². The number of nitrogens with zero attached hydrogens (tertiary/aromatic N) is 1. The summed E-state index contributed by atoms with van der Waals surface area (Å²) in [7, 11) is 0. The van der Waals surface area contributed by atoms with Crippen LogP contribution in [0.15, 0.2) is 48.5 Å². The van der Waals surface area contributed by atoms with Gasteiger partial charge in [0.05, 0.1) is 5.60 Å². The second-order valence-electron chi connectivity index (χ2n) is 10.9. The normalized spacial score (nSPS) is 15.0. The Morgan fingerprint density at radius 2 is 1.75 bits per heavy atom. The summed E-state index contributed by atoms with van der Waals surface area (Å²) in [6.45, 7) is 14.0. The Morgan fingerprint density at radius 3 is 2.36 bits per heavy atom. The quantitative estimate of drug-likeness (QED) is 0.408. The number of carbonyl (C=O) groups is 1. The number of benzene rings is 3. The molecular formula is C31H36FNO3. The molecule has 36 heavy (non-hydrogen) atoms. The Labute approximate surface area is 213 Å². The highest BCUT2D eigenvalue weighted by molar-refractivity contribution is 5.84. The molecule has 0 saturated heterocycles. The number of hydrogen-bond donors (Lipinski definition) is 1. The van der Waals surface area contributed by atoms with Gasteiger partial charge in [0.1, 0.15) is 5.82 Å². The molecule has 0 amide bonds. The number of aliphatic carboxylic acids is 1. The van der Waals surface area contributed by atoms with E-state index in [2.05, 4.69) is 36.1 Å². The fourth-order valence-electron chi connectivity index (χ4n) is 5.32. The van der Waals surface area contributed by atoms with E-state index in [0.29, 0.717) is 13.1 Å². The van der Waals surface area contributed by atoms with Gasteiger partial charge in [-0.2, -0.15) is 0 Å². The van der Waals surface area contributed by atoms with E-state index >= 15 is 0 Å². The van der Waals surface area contributed by atoms with Crippen molar-refractivity contribution in [3.8, 4) is 11.1 Å². The fraction of sp³-hybridized carbons (Fsp3) is 0.387. The van der Waals surface area contributed by atoms with Crippen molar-refractivity contribution in [1.82, 2.24) is 4.90 Å². The zero-order valence-corrected chi connectivity index (χ0v) is 22.1. The maximum atomic E-state index is 13.8. The molecule has 4 nitrogen and oxygen atoms in total. The molecule has 0 radical (unpaired) electrons. The van der Waals surface area contributed by atoms with Crippen LogP contribution in [0.2, 0.25) is 0 Å². The number of halogens is 1. The summed E-state index contributed by atoms with van der Waals surface area (Å²) >= 11 is 0. The average Bonchev–Trinajstić information content (AvgIpc) is 2.80. The van der Waals surface area contributed by atoms with Crippen molar-refractivity contribution in [1.29, 1.82) is 0 Å². The summed E-state index contributed by atoms with van der Waals surface area (Å²) in [5.74, 6) is -1.22. The standard InChI is InChI=1S/C31H36FNO3/c1-19-10-12-23(13-11-19)27-20(2)25-14-15-33(17-22-8-7-9-24(32)16-22)18-26(25)21(3)28(27)29(30(34)35)36-31(4,5)6/h7-13,16,29H,14-15,17-18H2,1-6H3,(H,34,35). The van der Waals surface area contributed by atoms with E-state index in [1.54, 1.807) is 12.1 Å². The van der Waals surface area contributed by atoms with Crippen molar-refractivity contribution in [3.05, 3.63) is 93.3 Å². The topological polar surface area (TPSA) is 49.8 Å². The fourth-order valence-corrected chi connectivity index (χ4v) is 5.32. The van der Waals surface area contributed by atoms with Crippen LogP contribution in [0.3, 0.4) is 0 Å². The maximum Gasteiger partial charge on any atom is 0.337 e. The molecule has 1 atom stereocenters. The van der Waals surface area contributed by atoms with Gasteiger partial charge in [-0.3, -0.25) is 4.90 Å². The summed E-state index contributed by atoms with van der Waals surface area (Å²) in [5.41, 5.74) is 8.66. The van der Waals surface area contributed by atoms with Gasteiger partial charge in [0, 0.05) is 25.2 Å². The Kier molecular flexibility index (Phi) is 7.35. The lowest BCUT2D eigenvalue weighted by Gasteiger charge is -2.35. The van der Waals surface area contributed by atoms with E-state index in [1.165, 1.54) is 11.6 Å². The van der Waals surface area contributed by atoms with E-state index in [0.717, 1.165) is 57.5 Å². The molecule has 5 heteroatoms. The third-order valence-electron chi connectivity index (χ3n) is 6.97. The van der Waals surface area contributed by atoms with Gasteiger partial charge in [-0.1, -0.05) is 42.0 Å². The monoisotopic (exact) mass is 489 g/mol. The lowest BCUT2D eigenvalue weighted by Crippen LogP contribution is -2.33. The summed E-state index contributed by atoms with van der Waals surface area (Å²) in [6.07, 6.45) is -0.238. The number of aryl methyl sites for hydroxylation is 1. The number of hydrogen-bond acceptors (Lipinski definition) is 3. The number of fused-ring (bicyclic) bond motifs is 1. The number of carboxylic acid groups (broad SMARTS) is 1. The van der Waals surface area contributed by atoms with Crippen LogP contribution in [0.5, 0.6) is 0 Å². The van der Waals surface area contributed by atoms with Crippen molar-refractivity contribution >= 4 is 5.97 Å². The van der Waals surface area contributed by atoms with Gasteiger partial charge in [0.15, 0.2) is 6.10 Å². The first kappa shape index (κ1) is 26.1. The second kappa shape index (κ2) is 10.2. The van der Waals surface area contributed by atoms with Gasteiger partial charge in [-0.05, 0) is 99.0 Å². The van der Waals surface area contributed by atoms with Crippen LogP contribution in [0, 0.1) is 26.6 Å². The molecule has 1 aliphatic rings. The molecule has 190 valence electrons. The third kappa shape index (κ3) is 5.53. The third-order valence-corrected chi connectivity index (χ3v) is 6.97. The van der Waals surface area contributed by atoms with Crippen molar-refractivity contribution in [3.63, 3.8) is 0 Å². The van der Waals surface area contributed by atoms with Crippen LogP contribution >= 0.6 is 0 Å². The predicted molar refractivity (Wildman–Crippen MR) is 142 cm³/mol. The van der Waals surface area contributed by atoms with Crippen LogP contribution in [-0.4, -0.2) is 28.1 Å². The van der Waals surface area contributed by atoms with Crippen LogP contribution in [0.1, 0.15) is 65.8 Å². The van der Waals surface area contributed by atoms with Crippen molar-refractivity contribution in [2.75, 3.05) is 6.54 Å². The zero-order chi connectivity index (χ0) is 26.2. The first-order chi connectivity index (χ1) is 16.9. The van der Waals surface area contributed by atoms with E-state index in [-0.39, 0.29) is 5.82 Å². The van der Waals surface area contributed by atoms with Gasteiger partial charge < -0.3 is 9.84 Å². The number of ether oxygens (including phenoxy) is 1. The SMILES string of the molecule is Cc1ccc(-c2c(C)c3c(c(C)c2C(OC(C)(C)C)C(=O)O)CN(Cc2cccc(F)c2)CC3)cc1. The molecule has 1 heterocycles. The number of rotatable bonds is 6. The smallest absolute Gasteiger partial charge is 0.337 e. The van der Waals surface area contributed by atoms with Crippen LogP contribution < -0.4 is 0 Å². The minimum atomic E-state index is -1.09. The van der Waals surface area contributed by atoms with Gasteiger partial charge >= 0.3 is 5.97 Å². The van der Waals surface area contributed by atoms with Gasteiger partial charge in [-0.25, -0.2) is 9.18 Å². The molecule has 3 aromatic rings. The van der Waals surface area contributed by atoms with Crippen molar-refractivity contribution in [2.24, 2.45) is 0 Å². The Balaban J connectivity index is 1.86. The highest BCUT2D eigenvalue weighted by atomic mass is 19.1. The summed E-state index contributed by atoms with van der Waals surface area (Å²) in [4.78, 5) is 14.9. The molecular weight excluding hydrogens is 453 g/mol. The highest BCUT2D eigenvalue weighted by Crippen LogP contribution is 2.42. The zero-order valence-electron chi connectivity index (χ0n) is 22.1. The molecule has 0 spiro atoms. The maximum absolute atomic E-state index is 13.8. The first-order valence-electron chi connectivity index (χ1n) is 12.5. The minimum absolute atomic E-state index is 0.231. The average molecular weight is 490 g/mol. The van der Waals surface area contributed by atoms with Crippen LogP contribution in [0.25, 0.3) is 11.1 Å². The van der Waals surface area contributed by atoms with Crippen LogP contribution in [0.4, 0.5) is 4.39 Å². The molecule has 0 aliphatic carbocycles. The summed E-state index contributed by atoms with van der Waals surface area (Å²) in [6, 6.07) is 15.0. The van der Waals surface area contributed by atoms with Crippen molar-refractivity contribution in [2.45, 2.75) is 72.8 Å². The van der Waals surface area contributed by atoms with E-state index in [9.17, 15) is 14.3 Å². The predicted octanol–water partition coefficient (Wildman–Crippen LogP) is 6.92. The second-order valence-corrected chi connectivity index (χ2v) is 10.9. The molecule has 0 saturated carbocycles. The van der Waals surface area contributed by atoms with E-state index in [4.69, 9.17) is 4.74 Å². The molecule has 0 aromatic heterocycles. The van der Waals surface area contributed by atoms with Gasteiger partial charge in [0.2, 0.25) is 0 Å². The molecule has 4 rings (SSSR count). The van der Waals surface area contributed by atoms with Gasteiger partial charge in [0.25, 0.3) is 0 Å². The molecule has 0 bridgehead atoms. The minimum Gasteiger partial charge on any atom is -0.479 e. The van der Waals surface area contributed by atoms with Crippen LogP contribution in [-0.2, 0) is 29.0 Å². The highest BCUT2D eigenvalue weighted by Gasteiger charge is 2.34.